The number of urea groups is 1. The van der Waals surface area contributed by atoms with Crippen LogP contribution in [0.25, 0.3) is 0 Å². The molecule has 1 aromatic rings. The van der Waals surface area contributed by atoms with Gasteiger partial charge in [-0.3, -0.25) is 19.3 Å². The molecule has 0 radical (unpaired) electrons. The first-order valence-electron chi connectivity index (χ1n) is 6.58. The van der Waals surface area contributed by atoms with Crippen LogP contribution >= 0.6 is 0 Å². The first-order chi connectivity index (χ1) is 10.5. The summed E-state index contributed by atoms with van der Waals surface area (Å²) >= 11 is 0. The maximum absolute atomic E-state index is 12.1. The second-order valence-electron chi connectivity index (χ2n) is 4.49. The highest BCUT2D eigenvalue weighted by atomic mass is 16.5. The van der Waals surface area contributed by atoms with E-state index in [1.807, 2.05) is 0 Å². The molecule has 1 heterocycles. The summed E-state index contributed by atoms with van der Waals surface area (Å²) < 4.78 is 4.37. The SMILES string of the molecule is COC(=O)CNC(=O)NCCN1C(=O)c2ccccc2C1=O. The van der Waals surface area contributed by atoms with Crippen LogP contribution in [0.4, 0.5) is 4.79 Å². The monoisotopic (exact) mass is 305 g/mol. The lowest BCUT2D eigenvalue weighted by atomic mass is 10.1. The zero-order chi connectivity index (χ0) is 16.1. The quantitative estimate of drug-likeness (QED) is 0.577. The molecule has 8 nitrogen and oxygen atoms in total. The number of ether oxygens (including phenoxy) is 1. The van der Waals surface area contributed by atoms with Gasteiger partial charge in [0.1, 0.15) is 6.54 Å². The van der Waals surface area contributed by atoms with Crippen molar-refractivity contribution in [2.75, 3.05) is 26.7 Å². The van der Waals surface area contributed by atoms with Crippen LogP contribution in [-0.4, -0.2) is 55.5 Å². The molecule has 1 aromatic carbocycles. The number of nitrogens with zero attached hydrogens (tertiary/aromatic N) is 1. The Kier molecular flexibility index (Phi) is 4.72. The third-order valence-corrected chi connectivity index (χ3v) is 3.12. The number of imide groups is 1. The molecule has 22 heavy (non-hydrogen) atoms. The molecule has 116 valence electrons. The van der Waals surface area contributed by atoms with Gasteiger partial charge in [0.25, 0.3) is 11.8 Å². The van der Waals surface area contributed by atoms with Gasteiger partial charge in [-0.25, -0.2) is 4.79 Å². The van der Waals surface area contributed by atoms with E-state index in [0.29, 0.717) is 11.1 Å². The average molecular weight is 305 g/mol. The molecule has 8 heteroatoms. The molecule has 0 fully saturated rings. The van der Waals surface area contributed by atoms with Crippen LogP contribution in [0.1, 0.15) is 20.7 Å². The highest BCUT2D eigenvalue weighted by Crippen LogP contribution is 2.21. The molecule has 0 bridgehead atoms. The summed E-state index contributed by atoms with van der Waals surface area (Å²) in [6.07, 6.45) is 0. The van der Waals surface area contributed by atoms with E-state index < -0.39 is 12.0 Å². The molecule has 1 aliphatic rings. The van der Waals surface area contributed by atoms with Gasteiger partial charge >= 0.3 is 12.0 Å². The Bertz CT molecular complexity index is 594. The highest BCUT2D eigenvalue weighted by molar-refractivity contribution is 6.21. The third-order valence-electron chi connectivity index (χ3n) is 3.12. The number of benzene rings is 1. The van der Waals surface area contributed by atoms with Crippen LogP contribution in [0.2, 0.25) is 0 Å². The maximum atomic E-state index is 12.1. The lowest BCUT2D eigenvalue weighted by Gasteiger charge is -2.14. The van der Waals surface area contributed by atoms with Crippen molar-refractivity contribution in [1.29, 1.82) is 0 Å². The number of carbonyl (C=O) groups excluding carboxylic acids is 4. The largest absolute Gasteiger partial charge is 0.468 e. The summed E-state index contributed by atoms with van der Waals surface area (Å²) in [5.41, 5.74) is 0.727. The van der Waals surface area contributed by atoms with Gasteiger partial charge in [-0.1, -0.05) is 12.1 Å². The van der Waals surface area contributed by atoms with Crippen LogP contribution in [0.5, 0.6) is 0 Å². The van der Waals surface area contributed by atoms with Crippen molar-refractivity contribution < 1.29 is 23.9 Å². The van der Waals surface area contributed by atoms with E-state index in [1.165, 1.54) is 7.11 Å². The van der Waals surface area contributed by atoms with Crippen molar-refractivity contribution in [2.45, 2.75) is 0 Å². The predicted octanol–water partition coefficient (Wildman–Crippen LogP) is -0.245. The fourth-order valence-corrected chi connectivity index (χ4v) is 2.01. The van der Waals surface area contributed by atoms with Gasteiger partial charge in [-0.05, 0) is 12.1 Å². The van der Waals surface area contributed by atoms with Gasteiger partial charge in [0.2, 0.25) is 0 Å². The van der Waals surface area contributed by atoms with Gasteiger partial charge in [0.15, 0.2) is 0 Å². The van der Waals surface area contributed by atoms with Crippen molar-refractivity contribution in [3.63, 3.8) is 0 Å². The zero-order valence-electron chi connectivity index (χ0n) is 11.9. The molecular formula is C14H15N3O5. The third kappa shape index (κ3) is 3.22. The van der Waals surface area contributed by atoms with Gasteiger partial charge in [-0.2, -0.15) is 0 Å². The lowest BCUT2D eigenvalue weighted by Crippen LogP contribution is -2.43. The summed E-state index contributed by atoms with van der Waals surface area (Å²) in [5, 5.41) is 4.74. The first-order valence-corrected chi connectivity index (χ1v) is 6.58. The zero-order valence-corrected chi connectivity index (χ0v) is 11.9. The Morgan fingerprint density at radius 3 is 2.23 bits per heavy atom. The van der Waals surface area contributed by atoms with Gasteiger partial charge < -0.3 is 15.4 Å². The normalized spacial score (nSPS) is 12.9. The van der Waals surface area contributed by atoms with E-state index >= 15 is 0 Å². The van der Waals surface area contributed by atoms with E-state index in [2.05, 4.69) is 15.4 Å². The summed E-state index contributed by atoms with van der Waals surface area (Å²) in [7, 11) is 1.21. The molecule has 0 aromatic heterocycles. The van der Waals surface area contributed by atoms with E-state index in [1.54, 1.807) is 24.3 Å². The van der Waals surface area contributed by atoms with E-state index in [-0.39, 0.29) is 31.4 Å². The van der Waals surface area contributed by atoms with Crippen molar-refractivity contribution in [3.05, 3.63) is 35.4 Å². The van der Waals surface area contributed by atoms with Gasteiger partial charge in [0, 0.05) is 13.1 Å². The molecule has 0 saturated heterocycles. The predicted molar refractivity (Wildman–Crippen MR) is 75.2 cm³/mol. The van der Waals surface area contributed by atoms with Crippen molar-refractivity contribution in [1.82, 2.24) is 15.5 Å². The minimum atomic E-state index is -0.581. The minimum Gasteiger partial charge on any atom is -0.468 e. The number of esters is 1. The van der Waals surface area contributed by atoms with Crippen molar-refractivity contribution >= 4 is 23.8 Å². The molecule has 1 aliphatic heterocycles. The molecule has 2 N–H and O–H groups in total. The number of amides is 4. The summed E-state index contributed by atoms with van der Waals surface area (Å²) in [6.45, 7) is -0.119. The van der Waals surface area contributed by atoms with Crippen LogP contribution in [0.3, 0.4) is 0 Å². The van der Waals surface area contributed by atoms with Gasteiger partial charge in [-0.15, -0.1) is 0 Å². The Hall–Kier alpha value is -2.90. The number of hydrogen-bond acceptors (Lipinski definition) is 5. The fourth-order valence-electron chi connectivity index (χ4n) is 2.01. The summed E-state index contributed by atoms with van der Waals surface area (Å²) in [4.78, 5) is 47.4. The molecular weight excluding hydrogens is 290 g/mol. The second-order valence-corrected chi connectivity index (χ2v) is 4.49. The molecule has 0 unspecified atom stereocenters. The molecule has 0 saturated carbocycles. The number of nitrogens with one attached hydrogen (secondary N) is 2. The fraction of sp³-hybridized carbons (Fsp3) is 0.286. The van der Waals surface area contributed by atoms with Crippen LogP contribution in [0.15, 0.2) is 24.3 Å². The topological polar surface area (TPSA) is 105 Å². The van der Waals surface area contributed by atoms with E-state index in [0.717, 1.165) is 4.90 Å². The maximum Gasteiger partial charge on any atom is 0.325 e. The molecule has 0 aliphatic carbocycles. The average Bonchev–Trinajstić information content (AvgIpc) is 2.78. The number of hydrogen-bond donors (Lipinski definition) is 2. The molecule has 0 spiro atoms. The van der Waals surface area contributed by atoms with Crippen molar-refractivity contribution in [3.8, 4) is 0 Å². The van der Waals surface area contributed by atoms with E-state index in [9.17, 15) is 19.2 Å². The highest BCUT2D eigenvalue weighted by Gasteiger charge is 2.34. The van der Waals surface area contributed by atoms with Gasteiger partial charge in [0.05, 0.1) is 18.2 Å². The van der Waals surface area contributed by atoms with Crippen LogP contribution < -0.4 is 10.6 Å². The molecule has 0 atom stereocenters. The lowest BCUT2D eigenvalue weighted by molar-refractivity contribution is -0.139. The first kappa shape index (κ1) is 15.5. The number of fused-ring (bicyclic) bond motifs is 1. The molecule has 2 rings (SSSR count). The Morgan fingerprint density at radius 2 is 1.68 bits per heavy atom. The second kappa shape index (κ2) is 6.70. The number of methoxy groups -OCH3 is 1. The summed E-state index contributed by atoms with van der Waals surface area (Å²) in [5.74, 6) is -1.33. The summed E-state index contributed by atoms with van der Waals surface area (Å²) in [6, 6.07) is 5.97. The number of rotatable bonds is 5. The number of carbonyl (C=O) groups is 4. The Balaban J connectivity index is 1.81. The Morgan fingerprint density at radius 1 is 1.09 bits per heavy atom. The van der Waals surface area contributed by atoms with Crippen LogP contribution in [0, 0.1) is 0 Å². The van der Waals surface area contributed by atoms with E-state index in [4.69, 9.17) is 0 Å². The minimum absolute atomic E-state index is 0.0536. The standard InChI is InChI=1S/C14H15N3O5/c1-22-11(18)8-16-14(21)15-6-7-17-12(19)9-4-2-3-5-10(9)13(17)20/h2-5H,6-8H2,1H3,(H2,15,16,21). The van der Waals surface area contributed by atoms with Crippen LogP contribution in [-0.2, 0) is 9.53 Å². The molecule has 4 amide bonds. The van der Waals surface area contributed by atoms with Crippen molar-refractivity contribution in [2.24, 2.45) is 0 Å². The smallest absolute Gasteiger partial charge is 0.325 e. The Labute approximate surface area is 126 Å².